The molecule has 0 amide bonds. The molecule has 2 atom stereocenters. The van der Waals surface area contributed by atoms with Gasteiger partial charge < -0.3 is 4.79 Å². The third kappa shape index (κ3) is 1.47. The number of hydrogen-bond donors (Lipinski definition) is 0. The topological polar surface area (TPSA) is 17.1 Å². The highest BCUT2D eigenvalue weighted by Crippen LogP contribution is 2.46. The van der Waals surface area contributed by atoms with Gasteiger partial charge in [-0.15, -0.1) is 0 Å². The maximum Gasteiger partial charge on any atom is 0.130 e. The molecule has 1 rings (SSSR count). The van der Waals surface area contributed by atoms with Crippen molar-refractivity contribution >= 4 is 5.78 Å². The SMILES string of the molecule is CC(=O)CC1C(C)C(C)C1C. The Morgan fingerprint density at radius 1 is 1.09 bits per heavy atom. The van der Waals surface area contributed by atoms with Crippen LogP contribution in [0, 0.1) is 23.7 Å². The molecule has 0 saturated heterocycles. The molecule has 11 heavy (non-hydrogen) atoms. The quantitative estimate of drug-likeness (QED) is 0.597. The van der Waals surface area contributed by atoms with Crippen molar-refractivity contribution in [1.82, 2.24) is 0 Å². The molecule has 1 heteroatoms. The molecular weight excluding hydrogens is 136 g/mol. The zero-order chi connectivity index (χ0) is 8.59. The van der Waals surface area contributed by atoms with Gasteiger partial charge in [0, 0.05) is 6.42 Å². The molecule has 1 aliphatic rings. The minimum Gasteiger partial charge on any atom is -0.300 e. The number of hydrogen-bond acceptors (Lipinski definition) is 1. The first-order valence-electron chi connectivity index (χ1n) is 4.53. The third-order valence-electron chi connectivity index (χ3n) is 3.53. The summed E-state index contributed by atoms with van der Waals surface area (Å²) < 4.78 is 0. The molecular formula is C10H18O. The van der Waals surface area contributed by atoms with Gasteiger partial charge in [-0.2, -0.15) is 0 Å². The van der Waals surface area contributed by atoms with Crippen molar-refractivity contribution in [3.63, 3.8) is 0 Å². The third-order valence-corrected chi connectivity index (χ3v) is 3.53. The Morgan fingerprint density at radius 3 is 1.91 bits per heavy atom. The predicted molar refractivity (Wildman–Crippen MR) is 46.3 cm³/mol. The van der Waals surface area contributed by atoms with Crippen LogP contribution in [0.25, 0.3) is 0 Å². The highest BCUT2D eigenvalue weighted by atomic mass is 16.1. The molecule has 0 heterocycles. The van der Waals surface area contributed by atoms with Crippen molar-refractivity contribution in [2.45, 2.75) is 34.1 Å². The molecule has 0 aromatic carbocycles. The predicted octanol–water partition coefficient (Wildman–Crippen LogP) is 2.50. The Labute approximate surface area is 69.2 Å². The van der Waals surface area contributed by atoms with Crippen LogP contribution in [0.4, 0.5) is 0 Å². The Hall–Kier alpha value is -0.330. The average molecular weight is 154 g/mol. The molecule has 0 aliphatic heterocycles. The monoisotopic (exact) mass is 154 g/mol. The van der Waals surface area contributed by atoms with E-state index in [0.717, 1.165) is 24.2 Å². The van der Waals surface area contributed by atoms with Gasteiger partial charge in [-0.3, -0.25) is 0 Å². The van der Waals surface area contributed by atoms with Crippen molar-refractivity contribution in [2.75, 3.05) is 0 Å². The summed E-state index contributed by atoms with van der Waals surface area (Å²) in [7, 11) is 0. The summed E-state index contributed by atoms with van der Waals surface area (Å²) in [5.41, 5.74) is 0. The highest BCUT2D eigenvalue weighted by molar-refractivity contribution is 5.75. The van der Waals surface area contributed by atoms with Crippen molar-refractivity contribution in [2.24, 2.45) is 23.7 Å². The molecule has 1 aliphatic carbocycles. The summed E-state index contributed by atoms with van der Waals surface area (Å²) in [5, 5.41) is 0. The van der Waals surface area contributed by atoms with Gasteiger partial charge in [-0.25, -0.2) is 0 Å². The Kier molecular flexibility index (Phi) is 2.36. The van der Waals surface area contributed by atoms with Crippen LogP contribution in [0.5, 0.6) is 0 Å². The minimum absolute atomic E-state index is 0.348. The van der Waals surface area contributed by atoms with Gasteiger partial charge in [-0.1, -0.05) is 20.8 Å². The standard InChI is InChI=1S/C10H18O/c1-6(11)5-10-8(3)7(2)9(10)4/h7-10H,5H2,1-4H3. The highest BCUT2D eigenvalue weighted by Gasteiger charge is 2.41. The van der Waals surface area contributed by atoms with Crippen LogP contribution in [0.15, 0.2) is 0 Å². The molecule has 1 nitrogen and oxygen atoms in total. The van der Waals surface area contributed by atoms with E-state index in [1.807, 2.05) is 0 Å². The Bertz CT molecular complexity index is 152. The van der Waals surface area contributed by atoms with E-state index in [1.165, 1.54) is 0 Å². The molecule has 1 fully saturated rings. The van der Waals surface area contributed by atoms with E-state index in [4.69, 9.17) is 0 Å². The van der Waals surface area contributed by atoms with E-state index in [9.17, 15) is 4.79 Å². The second-order valence-corrected chi connectivity index (χ2v) is 4.15. The van der Waals surface area contributed by atoms with E-state index in [-0.39, 0.29) is 0 Å². The number of carbonyl (C=O) groups excluding carboxylic acids is 1. The maximum atomic E-state index is 10.8. The smallest absolute Gasteiger partial charge is 0.130 e. The van der Waals surface area contributed by atoms with Crippen LogP contribution < -0.4 is 0 Å². The molecule has 0 bridgehead atoms. The zero-order valence-electron chi connectivity index (χ0n) is 7.92. The fourth-order valence-electron chi connectivity index (χ4n) is 2.30. The fourth-order valence-corrected chi connectivity index (χ4v) is 2.30. The first-order valence-corrected chi connectivity index (χ1v) is 4.53. The van der Waals surface area contributed by atoms with Crippen molar-refractivity contribution in [3.05, 3.63) is 0 Å². The van der Waals surface area contributed by atoms with Gasteiger partial charge in [0.25, 0.3) is 0 Å². The fraction of sp³-hybridized carbons (Fsp3) is 0.900. The summed E-state index contributed by atoms with van der Waals surface area (Å²) in [4.78, 5) is 10.8. The van der Waals surface area contributed by atoms with E-state index in [2.05, 4.69) is 20.8 Å². The first kappa shape index (κ1) is 8.76. The molecule has 0 aromatic rings. The first-order chi connectivity index (χ1) is 5.04. The van der Waals surface area contributed by atoms with Crippen molar-refractivity contribution in [3.8, 4) is 0 Å². The van der Waals surface area contributed by atoms with E-state index in [0.29, 0.717) is 11.7 Å². The van der Waals surface area contributed by atoms with E-state index >= 15 is 0 Å². The van der Waals surface area contributed by atoms with Crippen molar-refractivity contribution in [1.29, 1.82) is 0 Å². The number of rotatable bonds is 2. The van der Waals surface area contributed by atoms with Crippen LogP contribution in [0.1, 0.15) is 34.1 Å². The summed E-state index contributed by atoms with van der Waals surface area (Å²) >= 11 is 0. The second kappa shape index (κ2) is 2.96. The van der Waals surface area contributed by atoms with Crippen LogP contribution in [-0.4, -0.2) is 5.78 Å². The van der Waals surface area contributed by atoms with Gasteiger partial charge in [0.05, 0.1) is 0 Å². The van der Waals surface area contributed by atoms with Gasteiger partial charge >= 0.3 is 0 Å². The number of Topliss-reactive ketones (excluding diaryl/α,β-unsaturated/α-hetero) is 1. The molecule has 0 radical (unpaired) electrons. The summed E-state index contributed by atoms with van der Waals surface area (Å²) in [6.45, 7) is 8.50. The normalized spacial score (nSPS) is 43.3. The lowest BCUT2D eigenvalue weighted by molar-refractivity contribution is -0.121. The molecule has 64 valence electrons. The zero-order valence-corrected chi connectivity index (χ0v) is 7.92. The van der Waals surface area contributed by atoms with Gasteiger partial charge in [-0.05, 0) is 30.6 Å². The molecule has 2 unspecified atom stereocenters. The Morgan fingerprint density at radius 2 is 1.55 bits per heavy atom. The average Bonchev–Trinajstić information content (AvgIpc) is 1.98. The molecule has 0 aromatic heterocycles. The molecule has 1 saturated carbocycles. The Balaban J connectivity index is 2.43. The van der Waals surface area contributed by atoms with Crippen LogP contribution in [0.3, 0.4) is 0 Å². The van der Waals surface area contributed by atoms with Gasteiger partial charge in [0.15, 0.2) is 0 Å². The maximum absolute atomic E-state index is 10.8. The van der Waals surface area contributed by atoms with Crippen molar-refractivity contribution < 1.29 is 4.79 Å². The van der Waals surface area contributed by atoms with E-state index < -0.39 is 0 Å². The number of carbonyl (C=O) groups is 1. The minimum atomic E-state index is 0.348. The number of ketones is 1. The summed E-state index contributed by atoms with van der Waals surface area (Å²) in [5.74, 6) is 3.35. The lowest BCUT2D eigenvalue weighted by Crippen LogP contribution is -2.42. The molecule has 0 N–H and O–H groups in total. The van der Waals surface area contributed by atoms with E-state index in [1.54, 1.807) is 6.92 Å². The van der Waals surface area contributed by atoms with Crippen LogP contribution in [-0.2, 0) is 4.79 Å². The lowest BCUT2D eigenvalue weighted by Gasteiger charge is -2.47. The second-order valence-electron chi connectivity index (χ2n) is 4.15. The van der Waals surface area contributed by atoms with Gasteiger partial charge in [0.1, 0.15) is 5.78 Å². The summed E-state index contributed by atoms with van der Waals surface area (Å²) in [6.07, 6.45) is 0.798. The van der Waals surface area contributed by atoms with Crippen LogP contribution >= 0.6 is 0 Å². The van der Waals surface area contributed by atoms with Crippen LogP contribution in [0.2, 0.25) is 0 Å². The largest absolute Gasteiger partial charge is 0.300 e. The summed E-state index contributed by atoms with van der Waals surface area (Å²) in [6, 6.07) is 0. The lowest BCUT2D eigenvalue weighted by atomic mass is 9.57. The van der Waals surface area contributed by atoms with Gasteiger partial charge in [0.2, 0.25) is 0 Å². The molecule has 0 spiro atoms.